The molecule has 0 spiro atoms. The number of nitrogens with one attached hydrogen (secondary N) is 1. The van der Waals surface area contributed by atoms with Crippen molar-refractivity contribution in [2.24, 2.45) is 5.92 Å². The van der Waals surface area contributed by atoms with E-state index < -0.39 is 5.82 Å². The summed E-state index contributed by atoms with van der Waals surface area (Å²) in [5, 5.41) is 3.12. The minimum atomic E-state index is -0.557. The van der Waals surface area contributed by atoms with E-state index in [-0.39, 0.29) is 28.6 Å². The minimum Gasteiger partial charge on any atom is -0.484 e. The summed E-state index contributed by atoms with van der Waals surface area (Å²) in [6.07, 6.45) is 12.1. The van der Waals surface area contributed by atoms with Crippen LogP contribution >= 0.6 is 11.6 Å². The van der Waals surface area contributed by atoms with Crippen molar-refractivity contribution in [3.05, 3.63) is 47.3 Å². The number of ether oxygens (including phenoxy) is 1. The SMILES string of the molecule is O=C(COc1ccc(Cl)c(F)c1)NC12CC(n3cnc(CC4CCC4)c3)(C1)C2. The lowest BCUT2D eigenvalue weighted by molar-refractivity contribution is -0.156. The van der Waals surface area contributed by atoms with Crippen LogP contribution in [0.1, 0.15) is 44.2 Å². The molecule has 6 rings (SSSR count). The first-order valence-corrected chi connectivity index (χ1v) is 10.3. The molecule has 4 saturated carbocycles. The van der Waals surface area contributed by atoms with Gasteiger partial charge >= 0.3 is 0 Å². The molecule has 2 aromatic rings. The summed E-state index contributed by atoms with van der Waals surface area (Å²) in [5.41, 5.74) is 1.19. The van der Waals surface area contributed by atoms with E-state index >= 15 is 0 Å². The topological polar surface area (TPSA) is 56.1 Å². The molecule has 2 bridgehead atoms. The highest BCUT2D eigenvalue weighted by molar-refractivity contribution is 6.30. The molecule has 1 aromatic carbocycles. The fourth-order valence-electron chi connectivity index (χ4n) is 4.91. The molecule has 7 heteroatoms. The minimum absolute atomic E-state index is 0.0336. The van der Waals surface area contributed by atoms with Crippen LogP contribution in [0.25, 0.3) is 0 Å². The van der Waals surface area contributed by atoms with Gasteiger partial charge in [0.15, 0.2) is 6.61 Å². The van der Waals surface area contributed by atoms with Gasteiger partial charge in [-0.15, -0.1) is 0 Å². The van der Waals surface area contributed by atoms with Gasteiger partial charge in [0.25, 0.3) is 5.91 Å². The molecule has 1 N–H and O–H groups in total. The van der Waals surface area contributed by atoms with E-state index in [1.807, 2.05) is 6.33 Å². The maximum Gasteiger partial charge on any atom is 0.258 e. The average Bonchev–Trinajstić information content (AvgIpc) is 3.02. The number of nitrogens with zero attached hydrogens (tertiary/aromatic N) is 2. The van der Waals surface area contributed by atoms with Crippen molar-refractivity contribution in [1.82, 2.24) is 14.9 Å². The highest BCUT2D eigenvalue weighted by atomic mass is 35.5. The van der Waals surface area contributed by atoms with Crippen molar-refractivity contribution in [1.29, 1.82) is 0 Å². The Balaban J connectivity index is 1.11. The molecule has 0 atom stereocenters. The third kappa shape index (κ3) is 3.08. The normalized spacial score (nSPS) is 28.1. The molecule has 5 nitrogen and oxygen atoms in total. The Morgan fingerprint density at radius 1 is 1.36 bits per heavy atom. The van der Waals surface area contributed by atoms with Gasteiger partial charge in [0, 0.05) is 17.8 Å². The first-order chi connectivity index (χ1) is 13.5. The van der Waals surface area contributed by atoms with E-state index in [0.717, 1.165) is 31.6 Å². The Kier molecular flexibility index (Phi) is 4.16. The third-order valence-electron chi connectivity index (χ3n) is 6.57. The van der Waals surface area contributed by atoms with Crippen LogP contribution in [0.15, 0.2) is 30.7 Å². The largest absolute Gasteiger partial charge is 0.484 e. The first kappa shape index (κ1) is 18.0. The van der Waals surface area contributed by atoms with Crippen LogP contribution in [-0.4, -0.2) is 27.6 Å². The van der Waals surface area contributed by atoms with Gasteiger partial charge in [0.1, 0.15) is 11.6 Å². The number of hydrogen-bond donors (Lipinski definition) is 1. The maximum absolute atomic E-state index is 13.4. The number of imidazole rings is 1. The van der Waals surface area contributed by atoms with E-state index in [2.05, 4.69) is 21.1 Å². The predicted molar refractivity (Wildman–Crippen MR) is 103 cm³/mol. The Hall–Kier alpha value is -2.08. The molecule has 0 saturated heterocycles. The molecule has 1 aromatic heterocycles. The fraction of sp³-hybridized carbons (Fsp3) is 0.524. The van der Waals surface area contributed by atoms with Crippen LogP contribution in [0.3, 0.4) is 0 Å². The van der Waals surface area contributed by atoms with E-state index in [1.54, 1.807) is 6.07 Å². The highest BCUT2D eigenvalue weighted by Gasteiger charge is 2.69. The van der Waals surface area contributed by atoms with Crippen molar-refractivity contribution in [3.63, 3.8) is 0 Å². The van der Waals surface area contributed by atoms with E-state index in [4.69, 9.17) is 16.3 Å². The van der Waals surface area contributed by atoms with Crippen LogP contribution in [0.4, 0.5) is 4.39 Å². The van der Waals surface area contributed by atoms with Crippen molar-refractivity contribution >= 4 is 17.5 Å². The third-order valence-corrected chi connectivity index (χ3v) is 6.88. The second kappa shape index (κ2) is 6.48. The number of carbonyl (C=O) groups is 1. The highest BCUT2D eigenvalue weighted by Crippen LogP contribution is 2.65. The van der Waals surface area contributed by atoms with Crippen molar-refractivity contribution < 1.29 is 13.9 Å². The van der Waals surface area contributed by atoms with Gasteiger partial charge in [-0.25, -0.2) is 9.37 Å². The lowest BCUT2D eigenvalue weighted by Crippen LogP contribution is -2.78. The number of rotatable bonds is 7. The summed E-state index contributed by atoms with van der Waals surface area (Å²) in [5.74, 6) is 0.373. The summed E-state index contributed by atoms with van der Waals surface area (Å²) in [7, 11) is 0. The molecule has 0 aliphatic heterocycles. The summed E-state index contributed by atoms with van der Waals surface area (Å²) in [4.78, 5) is 16.8. The average molecular weight is 404 g/mol. The maximum atomic E-state index is 13.4. The Morgan fingerprint density at radius 3 is 2.82 bits per heavy atom. The molecular weight excluding hydrogens is 381 g/mol. The zero-order valence-corrected chi connectivity index (χ0v) is 16.3. The molecule has 1 heterocycles. The summed E-state index contributed by atoms with van der Waals surface area (Å²) in [6, 6.07) is 4.15. The quantitative estimate of drug-likeness (QED) is 0.764. The summed E-state index contributed by atoms with van der Waals surface area (Å²) in [6.45, 7) is -0.133. The fourth-order valence-corrected chi connectivity index (χ4v) is 5.03. The number of aromatic nitrogens is 2. The van der Waals surface area contributed by atoms with Crippen LogP contribution in [-0.2, 0) is 16.8 Å². The van der Waals surface area contributed by atoms with Crippen LogP contribution < -0.4 is 10.1 Å². The van der Waals surface area contributed by atoms with Gasteiger partial charge in [0.05, 0.1) is 22.6 Å². The molecule has 28 heavy (non-hydrogen) atoms. The van der Waals surface area contributed by atoms with Crippen LogP contribution in [0.2, 0.25) is 5.02 Å². The monoisotopic (exact) mass is 403 g/mol. The van der Waals surface area contributed by atoms with E-state index in [9.17, 15) is 9.18 Å². The second-order valence-electron chi connectivity index (χ2n) is 8.72. The van der Waals surface area contributed by atoms with Gasteiger partial charge in [0.2, 0.25) is 0 Å². The van der Waals surface area contributed by atoms with Gasteiger partial charge in [-0.05, 0) is 43.7 Å². The standard InChI is InChI=1S/C21H23ClFN3O2/c22-17-5-4-16(7-18(17)23)28-9-19(27)25-20-10-21(11-20,12-20)26-8-15(24-13-26)6-14-2-1-3-14/h4-5,7-8,13-14H,1-3,6,9-12H2,(H,25,27). The van der Waals surface area contributed by atoms with Gasteiger partial charge < -0.3 is 14.6 Å². The van der Waals surface area contributed by atoms with Crippen molar-refractivity contribution in [2.75, 3.05) is 6.61 Å². The number of hydrogen-bond acceptors (Lipinski definition) is 3. The van der Waals surface area contributed by atoms with Crippen molar-refractivity contribution in [3.8, 4) is 5.75 Å². The molecule has 0 radical (unpaired) electrons. The molecular formula is C21H23ClFN3O2. The molecule has 4 aliphatic carbocycles. The van der Waals surface area contributed by atoms with Gasteiger partial charge in [-0.3, -0.25) is 4.79 Å². The van der Waals surface area contributed by atoms with Gasteiger partial charge in [-0.2, -0.15) is 0 Å². The lowest BCUT2D eigenvalue weighted by Gasteiger charge is -2.70. The second-order valence-corrected chi connectivity index (χ2v) is 9.13. The van der Waals surface area contributed by atoms with E-state index in [0.29, 0.717) is 5.75 Å². The Morgan fingerprint density at radius 2 is 2.14 bits per heavy atom. The molecule has 148 valence electrons. The zero-order valence-electron chi connectivity index (χ0n) is 15.6. The van der Waals surface area contributed by atoms with Crippen LogP contribution in [0.5, 0.6) is 5.75 Å². The zero-order chi connectivity index (χ0) is 19.4. The first-order valence-electron chi connectivity index (χ1n) is 9.88. The molecule has 0 unspecified atom stereocenters. The number of carbonyl (C=O) groups excluding carboxylic acids is 1. The Labute approximate surface area is 168 Å². The molecule has 4 fully saturated rings. The number of amides is 1. The Bertz CT molecular complexity index is 904. The van der Waals surface area contributed by atoms with Crippen LogP contribution in [0, 0.1) is 11.7 Å². The van der Waals surface area contributed by atoms with Crippen molar-refractivity contribution in [2.45, 2.75) is 56.0 Å². The molecule has 1 amide bonds. The molecule has 4 aliphatic rings. The predicted octanol–water partition coefficient (Wildman–Crippen LogP) is 3.85. The smallest absolute Gasteiger partial charge is 0.258 e. The summed E-state index contributed by atoms with van der Waals surface area (Å²) >= 11 is 5.65. The number of halogens is 2. The lowest BCUT2D eigenvalue weighted by atomic mass is 9.44. The summed E-state index contributed by atoms with van der Waals surface area (Å²) < 4.78 is 21.1. The number of benzene rings is 1. The van der Waals surface area contributed by atoms with E-state index in [1.165, 1.54) is 37.1 Å². The van der Waals surface area contributed by atoms with Gasteiger partial charge in [-0.1, -0.05) is 30.9 Å².